The number of hydrogen-bond donors (Lipinski definition) is 2. The fourth-order valence-electron chi connectivity index (χ4n) is 4.86. The van der Waals surface area contributed by atoms with E-state index in [0.29, 0.717) is 22.7 Å². The van der Waals surface area contributed by atoms with E-state index in [1.807, 2.05) is 0 Å². The first kappa shape index (κ1) is 24.1. The van der Waals surface area contributed by atoms with Crippen molar-refractivity contribution in [1.82, 2.24) is 5.32 Å². The number of imide groups is 1. The lowest BCUT2D eigenvalue weighted by atomic mass is 9.81. The Labute approximate surface area is 202 Å². The predicted octanol–water partition coefficient (Wildman–Crippen LogP) is 3.99. The van der Waals surface area contributed by atoms with Crippen molar-refractivity contribution in [2.75, 3.05) is 16.8 Å². The maximum Gasteiger partial charge on any atom is 0.341 e. The molecule has 1 fully saturated rings. The Morgan fingerprint density at radius 1 is 1.15 bits per heavy atom. The maximum absolute atomic E-state index is 13.2. The summed E-state index contributed by atoms with van der Waals surface area (Å²) < 4.78 is 5.34. The third kappa shape index (κ3) is 4.37. The van der Waals surface area contributed by atoms with Gasteiger partial charge in [0, 0.05) is 34.4 Å². The van der Waals surface area contributed by atoms with E-state index < -0.39 is 17.4 Å². The van der Waals surface area contributed by atoms with E-state index in [4.69, 9.17) is 4.74 Å². The number of ether oxygens (including phenoxy) is 1. The number of carbonyl (C=O) groups excluding carboxylic acids is 4. The summed E-state index contributed by atoms with van der Waals surface area (Å²) in [6, 6.07) is 6.38. The lowest BCUT2D eigenvalue weighted by Crippen LogP contribution is -2.55. The molecular weight excluding hydrogens is 454 g/mol. The number of esters is 1. The van der Waals surface area contributed by atoms with Gasteiger partial charge >= 0.3 is 5.97 Å². The average molecular weight is 484 g/mol. The number of rotatable bonds is 5. The van der Waals surface area contributed by atoms with Crippen LogP contribution in [0.25, 0.3) is 0 Å². The van der Waals surface area contributed by atoms with E-state index in [9.17, 15) is 19.2 Å². The van der Waals surface area contributed by atoms with Gasteiger partial charge in [-0.2, -0.15) is 0 Å². The molecule has 0 saturated carbocycles. The molecule has 0 spiro atoms. The Morgan fingerprint density at radius 3 is 2.47 bits per heavy atom. The van der Waals surface area contributed by atoms with E-state index in [1.54, 1.807) is 25.1 Å². The van der Waals surface area contributed by atoms with Gasteiger partial charge in [-0.3, -0.25) is 19.3 Å². The Balaban J connectivity index is 1.71. The van der Waals surface area contributed by atoms with Crippen LogP contribution in [0.3, 0.4) is 0 Å². The van der Waals surface area contributed by atoms with Gasteiger partial charge in [0.1, 0.15) is 5.00 Å². The molecule has 4 rings (SSSR count). The molecule has 0 aliphatic carbocycles. The van der Waals surface area contributed by atoms with Gasteiger partial charge in [-0.1, -0.05) is 6.07 Å². The third-order valence-corrected chi connectivity index (χ3v) is 7.44. The van der Waals surface area contributed by atoms with E-state index in [2.05, 4.69) is 38.3 Å². The second-order valence-electron chi connectivity index (χ2n) is 9.77. The zero-order valence-electron chi connectivity index (χ0n) is 20.0. The van der Waals surface area contributed by atoms with Gasteiger partial charge in [0.05, 0.1) is 17.9 Å². The van der Waals surface area contributed by atoms with Crippen LogP contribution in [0.2, 0.25) is 0 Å². The van der Waals surface area contributed by atoms with Crippen molar-refractivity contribution in [2.24, 2.45) is 0 Å². The summed E-state index contributed by atoms with van der Waals surface area (Å²) in [4.78, 5) is 52.5. The predicted molar refractivity (Wildman–Crippen MR) is 130 cm³/mol. The van der Waals surface area contributed by atoms with Gasteiger partial charge in [-0.25, -0.2) is 4.79 Å². The minimum atomic E-state index is -0.467. The van der Waals surface area contributed by atoms with Gasteiger partial charge in [0.15, 0.2) is 0 Å². The number of nitrogens with one attached hydrogen (secondary N) is 2. The summed E-state index contributed by atoms with van der Waals surface area (Å²) >= 11 is 1.36. The first-order valence-corrected chi connectivity index (χ1v) is 12.1. The summed E-state index contributed by atoms with van der Waals surface area (Å²) in [5.74, 6) is -1.47. The molecule has 2 aliphatic rings. The first-order chi connectivity index (χ1) is 15.9. The third-order valence-electron chi connectivity index (χ3n) is 5.97. The standard InChI is InChI=1S/C25H29N3O5S/c1-6-33-23(32)19-16-13-24(2,3)27-25(4,5)20(16)34-22(19)26-21(31)14-8-7-9-15(12-14)28-17(29)10-11-18(28)30/h7-9,12,27H,6,10-11,13H2,1-5H3,(H,26,31). The monoisotopic (exact) mass is 483 g/mol. The van der Waals surface area contributed by atoms with Crippen LogP contribution in [0.15, 0.2) is 24.3 Å². The zero-order valence-corrected chi connectivity index (χ0v) is 20.9. The van der Waals surface area contributed by atoms with Crippen molar-refractivity contribution >= 4 is 45.7 Å². The Bertz CT molecular complexity index is 1180. The topological polar surface area (TPSA) is 105 Å². The normalized spacial score (nSPS) is 18.6. The number of benzene rings is 1. The zero-order chi connectivity index (χ0) is 24.8. The lowest BCUT2D eigenvalue weighted by Gasteiger charge is -2.42. The molecule has 0 atom stereocenters. The van der Waals surface area contributed by atoms with E-state index in [0.717, 1.165) is 15.3 Å². The molecule has 0 bridgehead atoms. The second-order valence-corrected chi connectivity index (χ2v) is 10.8. The van der Waals surface area contributed by atoms with Gasteiger partial charge in [0.25, 0.3) is 5.91 Å². The molecule has 3 amide bonds. The Hall–Kier alpha value is -3.04. The van der Waals surface area contributed by atoms with Crippen molar-refractivity contribution in [3.63, 3.8) is 0 Å². The molecule has 34 heavy (non-hydrogen) atoms. The van der Waals surface area contributed by atoms with Crippen molar-refractivity contribution in [3.8, 4) is 0 Å². The van der Waals surface area contributed by atoms with Crippen molar-refractivity contribution in [1.29, 1.82) is 0 Å². The number of amides is 3. The number of fused-ring (bicyclic) bond motifs is 1. The van der Waals surface area contributed by atoms with Crippen molar-refractivity contribution in [2.45, 2.75) is 65.0 Å². The van der Waals surface area contributed by atoms with Crippen LogP contribution < -0.4 is 15.5 Å². The van der Waals surface area contributed by atoms with E-state index in [-0.39, 0.29) is 42.4 Å². The highest BCUT2D eigenvalue weighted by Crippen LogP contribution is 2.45. The number of anilines is 2. The molecule has 1 aromatic carbocycles. The molecule has 2 aromatic rings. The SMILES string of the molecule is CCOC(=O)c1c(NC(=O)c2cccc(N3C(=O)CCC3=O)c2)sc2c1CC(C)(C)NC2(C)C. The number of hydrogen-bond acceptors (Lipinski definition) is 7. The minimum Gasteiger partial charge on any atom is -0.462 e. The van der Waals surface area contributed by atoms with Crippen LogP contribution in [-0.2, 0) is 26.3 Å². The lowest BCUT2D eigenvalue weighted by molar-refractivity contribution is -0.121. The molecule has 8 nitrogen and oxygen atoms in total. The summed E-state index contributed by atoms with van der Waals surface area (Å²) in [7, 11) is 0. The number of carbonyl (C=O) groups is 4. The molecular formula is C25H29N3O5S. The first-order valence-electron chi connectivity index (χ1n) is 11.3. The molecule has 9 heteroatoms. The van der Waals surface area contributed by atoms with Gasteiger partial charge in [-0.15, -0.1) is 11.3 Å². The van der Waals surface area contributed by atoms with Gasteiger partial charge in [0.2, 0.25) is 11.8 Å². The Morgan fingerprint density at radius 2 is 1.82 bits per heavy atom. The summed E-state index contributed by atoms with van der Waals surface area (Å²) in [6.07, 6.45) is 0.944. The molecule has 1 aromatic heterocycles. The van der Waals surface area contributed by atoms with E-state index in [1.165, 1.54) is 17.4 Å². The number of nitrogens with zero attached hydrogens (tertiary/aromatic N) is 1. The molecule has 3 heterocycles. The molecule has 0 unspecified atom stereocenters. The highest BCUT2D eigenvalue weighted by atomic mass is 32.1. The summed E-state index contributed by atoms with van der Waals surface area (Å²) in [5.41, 5.74) is 1.27. The fourth-order valence-corrected chi connectivity index (χ4v) is 6.12. The molecule has 2 N–H and O–H groups in total. The van der Waals surface area contributed by atoms with Crippen LogP contribution in [0.5, 0.6) is 0 Å². The fraction of sp³-hybridized carbons (Fsp3) is 0.440. The smallest absolute Gasteiger partial charge is 0.341 e. The molecule has 0 radical (unpaired) electrons. The Kier molecular flexibility index (Phi) is 6.12. The summed E-state index contributed by atoms with van der Waals surface area (Å²) in [6.45, 7) is 10.2. The largest absolute Gasteiger partial charge is 0.462 e. The second kappa shape index (κ2) is 8.63. The van der Waals surface area contributed by atoms with Crippen LogP contribution in [-0.4, -0.2) is 35.8 Å². The minimum absolute atomic E-state index is 0.166. The van der Waals surface area contributed by atoms with Crippen LogP contribution in [0, 0.1) is 0 Å². The van der Waals surface area contributed by atoms with Crippen molar-refractivity contribution < 1.29 is 23.9 Å². The molecule has 180 valence electrons. The quantitative estimate of drug-likeness (QED) is 0.492. The van der Waals surface area contributed by atoms with Gasteiger partial charge < -0.3 is 15.4 Å². The average Bonchev–Trinajstić information content (AvgIpc) is 3.26. The molecule has 1 saturated heterocycles. The highest BCUT2D eigenvalue weighted by Gasteiger charge is 2.42. The van der Waals surface area contributed by atoms with Crippen LogP contribution >= 0.6 is 11.3 Å². The maximum atomic E-state index is 13.2. The van der Waals surface area contributed by atoms with Crippen LogP contribution in [0.1, 0.15) is 78.6 Å². The van der Waals surface area contributed by atoms with Crippen LogP contribution in [0.4, 0.5) is 10.7 Å². The van der Waals surface area contributed by atoms with Gasteiger partial charge in [-0.05, 0) is 64.8 Å². The molecule has 2 aliphatic heterocycles. The number of thiophene rings is 1. The highest BCUT2D eigenvalue weighted by molar-refractivity contribution is 7.17. The summed E-state index contributed by atoms with van der Waals surface area (Å²) in [5, 5.41) is 6.93. The van der Waals surface area contributed by atoms with Crippen molar-refractivity contribution in [3.05, 3.63) is 45.8 Å². The van der Waals surface area contributed by atoms with E-state index >= 15 is 0 Å².